The highest BCUT2D eigenvalue weighted by Crippen LogP contribution is 2.31. The van der Waals surface area contributed by atoms with Gasteiger partial charge in [-0.1, -0.05) is 18.2 Å². The summed E-state index contributed by atoms with van der Waals surface area (Å²) in [7, 11) is 1.85. The van der Waals surface area contributed by atoms with Crippen molar-refractivity contribution in [3.63, 3.8) is 0 Å². The van der Waals surface area contributed by atoms with Crippen molar-refractivity contribution >= 4 is 0 Å². The SMILES string of the molecule is CNCc1ccc(-c2ccc3c(c2)CCO3)c(F)c1. The van der Waals surface area contributed by atoms with Crippen LogP contribution in [0.1, 0.15) is 11.1 Å². The summed E-state index contributed by atoms with van der Waals surface area (Å²) >= 11 is 0. The first-order chi connectivity index (χ1) is 9.28. The molecule has 98 valence electrons. The molecule has 2 nitrogen and oxygen atoms in total. The minimum absolute atomic E-state index is 0.174. The fourth-order valence-corrected chi connectivity index (χ4v) is 2.46. The van der Waals surface area contributed by atoms with Crippen LogP contribution in [0.2, 0.25) is 0 Å². The molecule has 3 rings (SSSR count). The third-order valence-electron chi connectivity index (χ3n) is 3.41. The zero-order valence-electron chi connectivity index (χ0n) is 10.9. The van der Waals surface area contributed by atoms with E-state index in [1.807, 2.05) is 37.4 Å². The van der Waals surface area contributed by atoms with E-state index < -0.39 is 0 Å². The van der Waals surface area contributed by atoms with Crippen LogP contribution in [0.4, 0.5) is 4.39 Å². The van der Waals surface area contributed by atoms with Gasteiger partial charge in [-0.2, -0.15) is 0 Å². The van der Waals surface area contributed by atoms with Gasteiger partial charge in [-0.25, -0.2) is 4.39 Å². The topological polar surface area (TPSA) is 21.3 Å². The first kappa shape index (κ1) is 12.2. The molecule has 3 heteroatoms. The number of ether oxygens (including phenoxy) is 1. The molecular weight excluding hydrogens is 241 g/mol. The molecule has 19 heavy (non-hydrogen) atoms. The Morgan fingerprint density at radius 2 is 2.11 bits per heavy atom. The van der Waals surface area contributed by atoms with E-state index in [-0.39, 0.29) is 5.82 Å². The van der Waals surface area contributed by atoms with Crippen molar-refractivity contribution in [1.82, 2.24) is 5.32 Å². The van der Waals surface area contributed by atoms with Crippen molar-refractivity contribution in [2.45, 2.75) is 13.0 Å². The molecule has 1 heterocycles. The maximum atomic E-state index is 14.2. The fraction of sp³-hybridized carbons (Fsp3) is 0.250. The predicted octanol–water partition coefficient (Wildman–Crippen LogP) is 3.15. The van der Waals surface area contributed by atoms with Crippen molar-refractivity contribution in [3.8, 4) is 16.9 Å². The summed E-state index contributed by atoms with van der Waals surface area (Å²) in [5, 5.41) is 3.02. The lowest BCUT2D eigenvalue weighted by atomic mass is 10.00. The summed E-state index contributed by atoms with van der Waals surface area (Å²) in [5.41, 5.74) is 3.68. The molecule has 2 aromatic rings. The van der Waals surface area contributed by atoms with Gasteiger partial charge in [0.2, 0.25) is 0 Å². The molecule has 1 aliphatic heterocycles. The lowest BCUT2D eigenvalue weighted by Gasteiger charge is -2.08. The number of hydrogen-bond acceptors (Lipinski definition) is 2. The molecule has 0 fully saturated rings. The quantitative estimate of drug-likeness (QED) is 0.912. The molecule has 0 aliphatic carbocycles. The predicted molar refractivity (Wildman–Crippen MR) is 73.8 cm³/mol. The van der Waals surface area contributed by atoms with Crippen LogP contribution in [-0.2, 0) is 13.0 Å². The Hall–Kier alpha value is -1.87. The normalized spacial score (nSPS) is 13.2. The zero-order chi connectivity index (χ0) is 13.2. The Balaban J connectivity index is 1.97. The molecule has 1 N–H and O–H groups in total. The Morgan fingerprint density at radius 3 is 2.89 bits per heavy atom. The summed E-state index contributed by atoms with van der Waals surface area (Å²) in [6.07, 6.45) is 0.905. The molecule has 0 aromatic heterocycles. The number of benzene rings is 2. The Bertz CT molecular complexity index is 610. The molecule has 1 aliphatic rings. The van der Waals surface area contributed by atoms with Gasteiger partial charge in [0, 0.05) is 18.5 Å². The van der Waals surface area contributed by atoms with E-state index in [0.717, 1.165) is 35.5 Å². The second-order valence-corrected chi connectivity index (χ2v) is 4.77. The van der Waals surface area contributed by atoms with E-state index in [4.69, 9.17) is 4.74 Å². The molecule has 0 saturated carbocycles. The molecule has 0 bridgehead atoms. The van der Waals surface area contributed by atoms with Gasteiger partial charge in [0.15, 0.2) is 0 Å². The molecule has 2 aromatic carbocycles. The standard InChI is InChI=1S/C16H16FNO/c1-18-10-11-2-4-14(15(17)8-11)12-3-5-16-13(9-12)6-7-19-16/h2-5,8-9,18H,6-7,10H2,1H3. The van der Waals surface area contributed by atoms with E-state index >= 15 is 0 Å². The summed E-state index contributed by atoms with van der Waals surface area (Å²) in [6.45, 7) is 1.40. The van der Waals surface area contributed by atoms with Crippen LogP contribution in [0.3, 0.4) is 0 Å². The highest BCUT2D eigenvalue weighted by molar-refractivity contribution is 5.67. The van der Waals surface area contributed by atoms with E-state index in [1.165, 1.54) is 0 Å². The maximum Gasteiger partial charge on any atom is 0.131 e. The lowest BCUT2D eigenvalue weighted by Crippen LogP contribution is -2.05. The number of rotatable bonds is 3. The molecule has 0 radical (unpaired) electrons. The van der Waals surface area contributed by atoms with E-state index in [9.17, 15) is 4.39 Å². The highest BCUT2D eigenvalue weighted by atomic mass is 19.1. The molecule has 0 atom stereocenters. The number of nitrogens with one attached hydrogen (secondary N) is 1. The van der Waals surface area contributed by atoms with Crippen molar-refractivity contribution < 1.29 is 9.13 Å². The Labute approximate surface area is 112 Å². The summed E-state index contributed by atoms with van der Waals surface area (Å²) < 4.78 is 19.6. The minimum Gasteiger partial charge on any atom is -0.493 e. The van der Waals surface area contributed by atoms with Crippen LogP contribution in [0.25, 0.3) is 11.1 Å². The number of hydrogen-bond donors (Lipinski definition) is 1. The van der Waals surface area contributed by atoms with Crippen LogP contribution < -0.4 is 10.1 Å². The van der Waals surface area contributed by atoms with Crippen molar-refractivity contribution in [2.24, 2.45) is 0 Å². The average molecular weight is 257 g/mol. The van der Waals surface area contributed by atoms with Crippen LogP contribution in [0.5, 0.6) is 5.75 Å². The van der Waals surface area contributed by atoms with Gasteiger partial charge in [0.1, 0.15) is 11.6 Å². The van der Waals surface area contributed by atoms with Gasteiger partial charge < -0.3 is 10.1 Å². The Kier molecular flexibility index (Phi) is 3.22. The van der Waals surface area contributed by atoms with Crippen LogP contribution in [0, 0.1) is 5.82 Å². The van der Waals surface area contributed by atoms with Gasteiger partial charge in [0.05, 0.1) is 6.61 Å². The number of fused-ring (bicyclic) bond motifs is 1. The number of halogens is 1. The first-order valence-corrected chi connectivity index (χ1v) is 6.47. The second-order valence-electron chi connectivity index (χ2n) is 4.77. The third-order valence-corrected chi connectivity index (χ3v) is 3.41. The fourth-order valence-electron chi connectivity index (χ4n) is 2.46. The third kappa shape index (κ3) is 2.34. The van der Waals surface area contributed by atoms with Crippen molar-refractivity contribution in [2.75, 3.05) is 13.7 Å². The monoisotopic (exact) mass is 257 g/mol. The second kappa shape index (κ2) is 5.02. The van der Waals surface area contributed by atoms with Gasteiger partial charge in [-0.05, 0) is 41.9 Å². The largest absolute Gasteiger partial charge is 0.493 e. The summed E-state index contributed by atoms with van der Waals surface area (Å²) in [6, 6.07) is 11.3. The molecule has 0 spiro atoms. The lowest BCUT2D eigenvalue weighted by molar-refractivity contribution is 0.357. The maximum absolute atomic E-state index is 14.2. The summed E-state index contributed by atoms with van der Waals surface area (Å²) in [4.78, 5) is 0. The molecular formula is C16H16FNO. The van der Waals surface area contributed by atoms with Crippen LogP contribution in [-0.4, -0.2) is 13.7 Å². The Morgan fingerprint density at radius 1 is 1.21 bits per heavy atom. The van der Waals surface area contributed by atoms with Gasteiger partial charge in [-0.15, -0.1) is 0 Å². The summed E-state index contributed by atoms with van der Waals surface area (Å²) in [5.74, 6) is 0.752. The van der Waals surface area contributed by atoms with Gasteiger partial charge in [-0.3, -0.25) is 0 Å². The molecule has 0 amide bonds. The highest BCUT2D eigenvalue weighted by Gasteiger charge is 2.14. The zero-order valence-corrected chi connectivity index (χ0v) is 10.9. The average Bonchev–Trinajstić information content (AvgIpc) is 2.86. The van der Waals surface area contributed by atoms with Crippen LogP contribution in [0.15, 0.2) is 36.4 Å². The van der Waals surface area contributed by atoms with Crippen LogP contribution >= 0.6 is 0 Å². The minimum atomic E-state index is -0.174. The molecule has 0 unspecified atom stereocenters. The first-order valence-electron chi connectivity index (χ1n) is 6.47. The van der Waals surface area contributed by atoms with E-state index in [0.29, 0.717) is 12.1 Å². The van der Waals surface area contributed by atoms with Gasteiger partial charge in [0.25, 0.3) is 0 Å². The van der Waals surface area contributed by atoms with Crippen molar-refractivity contribution in [3.05, 3.63) is 53.3 Å². The smallest absolute Gasteiger partial charge is 0.131 e. The van der Waals surface area contributed by atoms with Crippen molar-refractivity contribution in [1.29, 1.82) is 0 Å². The van der Waals surface area contributed by atoms with Gasteiger partial charge >= 0.3 is 0 Å². The van der Waals surface area contributed by atoms with E-state index in [1.54, 1.807) is 6.07 Å². The molecule has 0 saturated heterocycles. The van der Waals surface area contributed by atoms with E-state index in [2.05, 4.69) is 5.32 Å².